The first-order valence-electron chi connectivity index (χ1n) is 10.1. The normalized spacial score (nSPS) is 23.0. The summed E-state index contributed by atoms with van der Waals surface area (Å²) >= 11 is 0. The molecule has 0 bridgehead atoms. The Balaban J connectivity index is 1.66. The highest BCUT2D eigenvalue weighted by atomic mass is 31.1. The first-order chi connectivity index (χ1) is 13.6. The minimum atomic E-state index is -2.10. The van der Waals surface area contributed by atoms with Gasteiger partial charge >= 0.3 is 14.3 Å². The summed E-state index contributed by atoms with van der Waals surface area (Å²) in [6, 6.07) is 9.48. The van der Waals surface area contributed by atoms with Crippen molar-refractivity contribution in [2.24, 2.45) is 11.8 Å². The lowest BCUT2D eigenvalue weighted by atomic mass is 9.88. The van der Waals surface area contributed by atoms with Crippen LogP contribution in [0, 0.1) is 11.8 Å². The van der Waals surface area contributed by atoms with Crippen LogP contribution in [0.5, 0.6) is 0 Å². The smallest absolute Gasteiger partial charge is 0.445 e. The highest BCUT2D eigenvalue weighted by Crippen LogP contribution is 2.46. The number of piperidine rings is 1. The van der Waals surface area contributed by atoms with Crippen molar-refractivity contribution in [2.45, 2.75) is 45.8 Å². The third kappa shape index (κ3) is 5.51. The summed E-state index contributed by atoms with van der Waals surface area (Å²) < 4.78 is 23.4. The van der Waals surface area contributed by atoms with E-state index in [4.69, 9.17) is 14.1 Å². The van der Waals surface area contributed by atoms with Gasteiger partial charge in [-0.25, -0.2) is 4.79 Å². The van der Waals surface area contributed by atoms with Gasteiger partial charge in [-0.15, -0.1) is 4.52 Å². The van der Waals surface area contributed by atoms with Crippen LogP contribution in [0.2, 0.25) is 0 Å². The van der Waals surface area contributed by atoms with Crippen molar-refractivity contribution >= 4 is 14.3 Å². The maximum absolute atomic E-state index is 12.6. The van der Waals surface area contributed by atoms with Crippen LogP contribution >= 0.6 is 8.18 Å². The largest absolute Gasteiger partial charge is 0.642 e. The molecule has 1 saturated carbocycles. The Morgan fingerprint density at radius 3 is 2.57 bits per heavy atom. The monoisotopic (exact) mass is 409 g/mol. The molecule has 1 unspecified atom stereocenters. The third-order valence-electron chi connectivity index (χ3n) is 5.27. The third-order valence-corrected chi connectivity index (χ3v) is 6.48. The Bertz CT molecular complexity index is 655. The van der Waals surface area contributed by atoms with Gasteiger partial charge in [-0.2, -0.15) is 0 Å². The van der Waals surface area contributed by atoms with Crippen molar-refractivity contribution in [3.05, 3.63) is 35.9 Å². The van der Waals surface area contributed by atoms with Gasteiger partial charge in [-0.3, -0.25) is 4.84 Å². The molecule has 0 spiro atoms. The molecule has 154 valence electrons. The number of carbonyl (C=O) groups excluding carboxylic acids is 1. The second-order valence-corrected chi connectivity index (χ2v) is 8.35. The number of likely N-dealkylation sites (tertiary alicyclic amines) is 1. The number of amides is 1. The SMILES string of the molecule is CCON([C@H]1CN(C(=O)OCc2ccccc2)CC[C@@H]1C1CC1)[P+](=O)OCC. The summed E-state index contributed by atoms with van der Waals surface area (Å²) in [5.74, 6) is 0.963. The number of nitrogens with zero attached hydrogens (tertiary/aromatic N) is 2. The van der Waals surface area contributed by atoms with Crippen molar-refractivity contribution in [3.8, 4) is 0 Å². The van der Waals surface area contributed by atoms with Crippen molar-refractivity contribution in [1.29, 1.82) is 0 Å². The molecular weight excluding hydrogens is 379 g/mol. The van der Waals surface area contributed by atoms with Crippen molar-refractivity contribution in [1.82, 2.24) is 9.73 Å². The fourth-order valence-corrected chi connectivity index (χ4v) is 4.83. The van der Waals surface area contributed by atoms with E-state index in [1.54, 1.807) is 4.90 Å². The van der Waals surface area contributed by atoms with Crippen LogP contribution in [0.25, 0.3) is 0 Å². The molecule has 7 nitrogen and oxygen atoms in total. The van der Waals surface area contributed by atoms with Crippen molar-refractivity contribution < 1.29 is 23.5 Å². The van der Waals surface area contributed by atoms with E-state index < -0.39 is 8.18 Å². The molecule has 1 aliphatic heterocycles. The van der Waals surface area contributed by atoms with Crippen LogP contribution in [0.15, 0.2) is 30.3 Å². The van der Waals surface area contributed by atoms with Gasteiger partial charge in [-0.05, 0) is 55.1 Å². The van der Waals surface area contributed by atoms with Gasteiger partial charge in [0.2, 0.25) is 0 Å². The first kappa shape index (κ1) is 21.2. The zero-order chi connectivity index (χ0) is 19.9. The average molecular weight is 409 g/mol. The molecule has 28 heavy (non-hydrogen) atoms. The van der Waals surface area contributed by atoms with Crippen LogP contribution in [0.4, 0.5) is 4.79 Å². The van der Waals surface area contributed by atoms with Crippen molar-refractivity contribution in [3.63, 3.8) is 0 Å². The predicted octanol–water partition coefficient (Wildman–Crippen LogP) is 4.37. The topological polar surface area (TPSA) is 68.3 Å². The molecule has 0 aromatic heterocycles. The van der Waals surface area contributed by atoms with E-state index in [0.29, 0.717) is 38.1 Å². The highest BCUT2D eigenvalue weighted by Gasteiger charge is 2.50. The van der Waals surface area contributed by atoms with E-state index in [9.17, 15) is 9.36 Å². The summed E-state index contributed by atoms with van der Waals surface area (Å²) in [5.41, 5.74) is 0.954. The summed E-state index contributed by atoms with van der Waals surface area (Å²) in [4.78, 5) is 21.5. The maximum Gasteiger partial charge on any atom is 0.642 e. The standard InChI is InChI=1S/C20H30N2O5P/c1-3-26-22(28(24)27-4-2)19-14-21(13-12-18(19)17-10-11-17)20(23)25-15-16-8-6-5-7-9-16/h5-9,17-19H,3-4,10-15H2,1-2H3/q+1/t18-,19+/m1/s1. The molecule has 2 aliphatic rings. The molecule has 1 aromatic rings. The molecule has 1 amide bonds. The van der Waals surface area contributed by atoms with Crippen molar-refractivity contribution in [2.75, 3.05) is 26.3 Å². The molecule has 8 heteroatoms. The fraction of sp³-hybridized carbons (Fsp3) is 0.650. The number of ether oxygens (including phenoxy) is 1. The van der Waals surface area contributed by atoms with E-state index >= 15 is 0 Å². The predicted molar refractivity (Wildman–Crippen MR) is 106 cm³/mol. The van der Waals surface area contributed by atoms with E-state index in [1.165, 1.54) is 17.7 Å². The van der Waals surface area contributed by atoms with Gasteiger partial charge in [0.15, 0.2) is 0 Å². The lowest BCUT2D eigenvalue weighted by Gasteiger charge is -2.38. The minimum absolute atomic E-state index is 0.152. The van der Waals surface area contributed by atoms with Gasteiger partial charge in [-0.1, -0.05) is 30.3 Å². The molecule has 3 atom stereocenters. The first-order valence-corrected chi connectivity index (χ1v) is 11.2. The summed E-state index contributed by atoms with van der Waals surface area (Å²) in [6.07, 6.45) is 2.89. The molecule has 3 rings (SSSR count). The summed E-state index contributed by atoms with van der Waals surface area (Å²) in [6.45, 7) is 5.75. The number of rotatable bonds is 9. The Labute approximate surface area is 167 Å². The molecule has 1 saturated heterocycles. The average Bonchev–Trinajstić information content (AvgIpc) is 3.56. The molecule has 1 heterocycles. The Morgan fingerprint density at radius 1 is 1.18 bits per heavy atom. The van der Waals surface area contributed by atoms with E-state index in [-0.39, 0.29) is 18.7 Å². The summed E-state index contributed by atoms with van der Waals surface area (Å²) in [5, 5.41) is 0. The maximum atomic E-state index is 12.6. The number of hydrogen-bond donors (Lipinski definition) is 0. The Kier molecular flexibility index (Phi) is 7.80. The molecule has 0 radical (unpaired) electrons. The van der Waals surface area contributed by atoms with E-state index in [2.05, 4.69) is 0 Å². The zero-order valence-corrected chi connectivity index (χ0v) is 17.6. The van der Waals surface area contributed by atoms with Crippen LogP contribution in [-0.2, 0) is 25.3 Å². The summed E-state index contributed by atoms with van der Waals surface area (Å²) in [7, 11) is -2.10. The zero-order valence-electron chi connectivity index (χ0n) is 16.7. The lowest BCUT2D eigenvalue weighted by molar-refractivity contribution is -0.141. The molecular formula is C20H30N2O5P+. The Morgan fingerprint density at radius 2 is 1.93 bits per heavy atom. The second kappa shape index (κ2) is 10.3. The van der Waals surface area contributed by atoms with Crippen LogP contribution in [-0.4, -0.2) is 48.2 Å². The van der Waals surface area contributed by atoms with Gasteiger partial charge in [0.25, 0.3) is 0 Å². The number of hydroxylamine groups is 1. The highest BCUT2D eigenvalue weighted by molar-refractivity contribution is 7.36. The van der Waals surface area contributed by atoms with Gasteiger partial charge in [0.1, 0.15) is 19.3 Å². The molecule has 2 fully saturated rings. The fourth-order valence-electron chi connectivity index (χ4n) is 3.80. The number of hydrogen-bond acceptors (Lipinski definition) is 5. The molecule has 1 aromatic carbocycles. The van der Waals surface area contributed by atoms with Crippen LogP contribution in [0.3, 0.4) is 0 Å². The van der Waals surface area contributed by atoms with Crippen LogP contribution < -0.4 is 0 Å². The number of carbonyl (C=O) groups is 1. The second-order valence-electron chi connectivity index (χ2n) is 7.22. The number of benzene rings is 1. The van der Waals surface area contributed by atoms with Gasteiger partial charge in [0.05, 0.1) is 11.4 Å². The van der Waals surface area contributed by atoms with Gasteiger partial charge < -0.3 is 9.64 Å². The van der Waals surface area contributed by atoms with Gasteiger partial charge in [0, 0.05) is 13.1 Å². The Hall–Kier alpha value is -1.53. The lowest BCUT2D eigenvalue weighted by Crippen LogP contribution is -2.53. The van der Waals surface area contributed by atoms with Crippen LogP contribution in [0.1, 0.15) is 38.7 Å². The molecule has 0 N–H and O–H groups in total. The van der Waals surface area contributed by atoms with E-state index in [0.717, 1.165) is 12.0 Å². The quantitative estimate of drug-likeness (QED) is 0.446. The van der Waals surface area contributed by atoms with E-state index in [1.807, 2.05) is 44.2 Å². The molecule has 1 aliphatic carbocycles. The minimum Gasteiger partial charge on any atom is -0.445 e.